The Balaban J connectivity index is 2.68. The molecule has 0 bridgehead atoms. The minimum absolute atomic E-state index is 0.164. The summed E-state index contributed by atoms with van der Waals surface area (Å²) in [5.74, 6) is -0.662. The summed E-state index contributed by atoms with van der Waals surface area (Å²) in [6.07, 6.45) is 0. The first-order valence-corrected chi connectivity index (χ1v) is 7.95. The molecule has 6 nitrogen and oxygen atoms in total. The molecule has 0 spiro atoms. The maximum atomic E-state index is 13.2. The third-order valence-electron chi connectivity index (χ3n) is 2.95. The minimum atomic E-state index is -3.85. The number of halogens is 1. The van der Waals surface area contributed by atoms with Crippen LogP contribution in [0.15, 0.2) is 23.1 Å². The number of methoxy groups -OCH3 is 1. The lowest BCUT2D eigenvalue weighted by Crippen LogP contribution is -2.34. The smallest absolute Gasteiger partial charge is 0.241 e. The predicted octanol–water partition coefficient (Wildman–Crippen LogP) is 0.174. The number of benzene rings is 1. The van der Waals surface area contributed by atoms with Crippen molar-refractivity contribution in [1.82, 2.24) is 9.62 Å². The first kappa shape index (κ1) is 18.0. The van der Waals surface area contributed by atoms with Gasteiger partial charge in [0, 0.05) is 26.7 Å². The zero-order valence-electron chi connectivity index (χ0n) is 12.2. The molecule has 0 atom stereocenters. The molecule has 0 aromatic heterocycles. The molecule has 8 heteroatoms. The van der Waals surface area contributed by atoms with Gasteiger partial charge < -0.3 is 14.7 Å². The summed E-state index contributed by atoms with van der Waals surface area (Å²) >= 11 is 0. The lowest BCUT2D eigenvalue weighted by molar-refractivity contribution is 0.162. The third kappa shape index (κ3) is 5.68. The molecule has 0 amide bonds. The molecule has 21 heavy (non-hydrogen) atoms. The molecule has 0 saturated heterocycles. The van der Waals surface area contributed by atoms with Crippen molar-refractivity contribution in [2.24, 2.45) is 0 Å². The van der Waals surface area contributed by atoms with Crippen molar-refractivity contribution >= 4 is 10.0 Å². The van der Waals surface area contributed by atoms with Gasteiger partial charge in [-0.25, -0.2) is 17.5 Å². The van der Waals surface area contributed by atoms with Crippen molar-refractivity contribution in [3.05, 3.63) is 29.6 Å². The van der Waals surface area contributed by atoms with Crippen LogP contribution in [0.4, 0.5) is 4.39 Å². The minimum Gasteiger partial charge on any atom is -0.392 e. The van der Waals surface area contributed by atoms with Crippen LogP contribution in [0.2, 0.25) is 0 Å². The Labute approximate surface area is 124 Å². The number of rotatable bonds is 9. The van der Waals surface area contributed by atoms with Crippen molar-refractivity contribution in [3.63, 3.8) is 0 Å². The van der Waals surface area contributed by atoms with E-state index < -0.39 is 22.4 Å². The molecule has 0 saturated carbocycles. The molecular weight excluding hydrogens is 299 g/mol. The summed E-state index contributed by atoms with van der Waals surface area (Å²) in [6.45, 7) is 1.45. The molecule has 0 unspecified atom stereocenters. The van der Waals surface area contributed by atoms with E-state index in [1.54, 1.807) is 7.11 Å². The normalized spacial score (nSPS) is 12.0. The summed E-state index contributed by atoms with van der Waals surface area (Å²) in [6, 6.07) is 3.28. The molecule has 120 valence electrons. The van der Waals surface area contributed by atoms with Crippen LogP contribution in [0.25, 0.3) is 0 Å². The molecule has 0 aliphatic rings. The highest BCUT2D eigenvalue weighted by Crippen LogP contribution is 2.17. The van der Waals surface area contributed by atoms with E-state index in [1.807, 2.05) is 11.9 Å². The van der Waals surface area contributed by atoms with Gasteiger partial charge in [0.05, 0.1) is 18.1 Å². The van der Waals surface area contributed by atoms with Gasteiger partial charge in [-0.2, -0.15) is 0 Å². The van der Waals surface area contributed by atoms with Crippen LogP contribution in [0.3, 0.4) is 0 Å². The highest BCUT2D eigenvalue weighted by molar-refractivity contribution is 7.89. The van der Waals surface area contributed by atoms with Crippen LogP contribution < -0.4 is 4.72 Å². The van der Waals surface area contributed by atoms with Crippen molar-refractivity contribution in [2.75, 3.05) is 40.4 Å². The number of aliphatic hydroxyl groups is 1. The van der Waals surface area contributed by atoms with Gasteiger partial charge in [0.25, 0.3) is 0 Å². The van der Waals surface area contributed by atoms with E-state index in [0.717, 1.165) is 12.1 Å². The number of aliphatic hydroxyl groups excluding tert-OH is 1. The second-order valence-corrected chi connectivity index (χ2v) is 6.34. The van der Waals surface area contributed by atoms with Crippen molar-refractivity contribution < 1.29 is 22.7 Å². The Bertz CT molecular complexity index is 551. The number of hydrogen-bond donors (Lipinski definition) is 2. The number of ether oxygens (including phenoxy) is 1. The van der Waals surface area contributed by atoms with Crippen LogP contribution in [0.1, 0.15) is 5.56 Å². The van der Waals surface area contributed by atoms with E-state index in [2.05, 4.69) is 4.72 Å². The molecule has 0 radical (unpaired) electrons. The maximum Gasteiger partial charge on any atom is 0.241 e. The Morgan fingerprint density at radius 3 is 2.71 bits per heavy atom. The summed E-state index contributed by atoms with van der Waals surface area (Å²) in [5.41, 5.74) is 0.164. The summed E-state index contributed by atoms with van der Waals surface area (Å²) in [4.78, 5) is 1.68. The van der Waals surface area contributed by atoms with Crippen LogP contribution >= 0.6 is 0 Å². The van der Waals surface area contributed by atoms with Gasteiger partial charge in [0.1, 0.15) is 5.82 Å². The second kappa shape index (κ2) is 8.40. The third-order valence-corrected chi connectivity index (χ3v) is 4.50. The molecule has 0 aliphatic carbocycles. The van der Waals surface area contributed by atoms with Crippen molar-refractivity contribution in [1.29, 1.82) is 0 Å². The van der Waals surface area contributed by atoms with E-state index in [4.69, 9.17) is 9.84 Å². The number of sulfonamides is 1. The van der Waals surface area contributed by atoms with Gasteiger partial charge in [-0.05, 0) is 24.7 Å². The number of nitrogens with one attached hydrogen (secondary N) is 1. The fourth-order valence-corrected chi connectivity index (χ4v) is 2.98. The fraction of sp³-hybridized carbons (Fsp3) is 0.538. The monoisotopic (exact) mass is 320 g/mol. The predicted molar refractivity (Wildman–Crippen MR) is 76.9 cm³/mol. The number of likely N-dealkylation sites (N-methyl/N-ethyl adjacent to an activating group) is 1. The van der Waals surface area contributed by atoms with Gasteiger partial charge in [0.2, 0.25) is 10.0 Å². The number of hydrogen-bond acceptors (Lipinski definition) is 5. The zero-order valence-corrected chi connectivity index (χ0v) is 13.0. The van der Waals surface area contributed by atoms with Crippen LogP contribution in [-0.4, -0.2) is 58.8 Å². The lowest BCUT2D eigenvalue weighted by Gasteiger charge is -2.16. The standard InChI is InChI=1S/C13H21FN2O4S/c1-16(7-8-20-2)6-5-15-21(18,19)13-9-12(14)4-3-11(13)10-17/h3-4,9,15,17H,5-8,10H2,1-2H3. The van der Waals surface area contributed by atoms with Crippen LogP contribution in [-0.2, 0) is 21.4 Å². The molecule has 1 rings (SSSR count). The highest BCUT2D eigenvalue weighted by Gasteiger charge is 2.18. The molecule has 2 N–H and O–H groups in total. The quantitative estimate of drug-likeness (QED) is 0.678. The van der Waals surface area contributed by atoms with E-state index in [9.17, 15) is 12.8 Å². The molecular formula is C13H21FN2O4S. The van der Waals surface area contributed by atoms with E-state index in [-0.39, 0.29) is 17.0 Å². The zero-order chi connectivity index (χ0) is 15.9. The van der Waals surface area contributed by atoms with E-state index >= 15 is 0 Å². The molecule has 0 fully saturated rings. The average molecular weight is 320 g/mol. The average Bonchev–Trinajstić information content (AvgIpc) is 2.44. The first-order chi connectivity index (χ1) is 9.90. The molecule has 0 heterocycles. The number of nitrogens with zero attached hydrogens (tertiary/aromatic N) is 1. The van der Waals surface area contributed by atoms with Gasteiger partial charge in [-0.1, -0.05) is 6.07 Å². The summed E-state index contributed by atoms with van der Waals surface area (Å²) in [7, 11) is -0.414. The SMILES string of the molecule is COCCN(C)CCNS(=O)(=O)c1cc(F)ccc1CO. The Morgan fingerprint density at radius 2 is 2.10 bits per heavy atom. The van der Waals surface area contributed by atoms with E-state index in [0.29, 0.717) is 19.7 Å². The Morgan fingerprint density at radius 1 is 1.38 bits per heavy atom. The highest BCUT2D eigenvalue weighted by atomic mass is 32.2. The van der Waals surface area contributed by atoms with Crippen LogP contribution in [0.5, 0.6) is 0 Å². The van der Waals surface area contributed by atoms with E-state index in [1.165, 1.54) is 6.07 Å². The molecule has 1 aromatic rings. The lowest BCUT2D eigenvalue weighted by atomic mass is 10.2. The van der Waals surface area contributed by atoms with Gasteiger partial charge in [-0.3, -0.25) is 0 Å². The summed E-state index contributed by atoms with van der Waals surface area (Å²) in [5, 5.41) is 9.15. The molecule has 1 aromatic carbocycles. The van der Waals surface area contributed by atoms with Crippen LogP contribution in [0, 0.1) is 5.82 Å². The topological polar surface area (TPSA) is 78.9 Å². The van der Waals surface area contributed by atoms with Crippen molar-refractivity contribution in [3.8, 4) is 0 Å². The molecule has 0 aliphatic heterocycles. The van der Waals surface area contributed by atoms with Gasteiger partial charge in [-0.15, -0.1) is 0 Å². The fourth-order valence-electron chi connectivity index (χ4n) is 1.72. The Kier molecular flexibility index (Phi) is 7.20. The Hall–Kier alpha value is -1.06. The first-order valence-electron chi connectivity index (χ1n) is 6.47. The maximum absolute atomic E-state index is 13.2. The van der Waals surface area contributed by atoms with Gasteiger partial charge >= 0.3 is 0 Å². The second-order valence-electron chi connectivity index (χ2n) is 4.60. The van der Waals surface area contributed by atoms with Gasteiger partial charge in [0.15, 0.2) is 0 Å². The van der Waals surface area contributed by atoms with Crippen molar-refractivity contribution in [2.45, 2.75) is 11.5 Å². The summed E-state index contributed by atoms with van der Waals surface area (Å²) < 4.78 is 44.8. The largest absolute Gasteiger partial charge is 0.392 e.